The van der Waals surface area contributed by atoms with E-state index >= 15 is 0 Å². The van der Waals surface area contributed by atoms with Crippen LogP contribution in [0.1, 0.15) is 32.6 Å². The third-order valence-corrected chi connectivity index (χ3v) is 4.09. The molecular weight excluding hydrogens is 198 g/mol. The normalized spacial score (nSPS) is 34.9. The topological polar surface area (TPSA) is 18.5 Å². The second-order valence-corrected chi connectivity index (χ2v) is 5.88. The first-order valence-corrected chi connectivity index (χ1v) is 6.84. The largest absolute Gasteiger partial charge is 0.310 e. The number of piperidine rings is 1. The third-order valence-electron chi connectivity index (χ3n) is 4.09. The number of hydrogen-bond acceptors (Lipinski definition) is 3. The molecule has 3 nitrogen and oxygen atoms in total. The van der Waals surface area contributed by atoms with Crippen LogP contribution in [-0.2, 0) is 0 Å². The minimum Gasteiger partial charge on any atom is -0.310 e. The quantitative estimate of drug-likeness (QED) is 0.761. The van der Waals surface area contributed by atoms with Crippen LogP contribution in [0.2, 0.25) is 0 Å². The van der Waals surface area contributed by atoms with Crippen molar-refractivity contribution in [3.05, 3.63) is 0 Å². The van der Waals surface area contributed by atoms with E-state index in [9.17, 15) is 0 Å². The molecule has 2 aliphatic rings. The number of hydrogen-bond donors (Lipinski definition) is 1. The van der Waals surface area contributed by atoms with Crippen LogP contribution in [0.25, 0.3) is 0 Å². The highest BCUT2D eigenvalue weighted by Gasteiger charge is 2.28. The molecule has 0 amide bonds. The Morgan fingerprint density at radius 3 is 2.69 bits per heavy atom. The minimum atomic E-state index is 0.376. The van der Waals surface area contributed by atoms with Crippen molar-refractivity contribution in [2.24, 2.45) is 0 Å². The van der Waals surface area contributed by atoms with Crippen molar-refractivity contribution < 1.29 is 0 Å². The maximum Gasteiger partial charge on any atom is 0.0280 e. The van der Waals surface area contributed by atoms with E-state index in [0.29, 0.717) is 5.54 Å². The first kappa shape index (κ1) is 12.3. The van der Waals surface area contributed by atoms with E-state index in [1.807, 2.05) is 0 Å². The van der Waals surface area contributed by atoms with Gasteiger partial charge in [0.2, 0.25) is 0 Å². The van der Waals surface area contributed by atoms with Crippen molar-refractivity contribution >= 4 is 0 Å². The second-order valence-electron chi connectivity index (χ2n) is 5.88. The highest BCUT2D eigenvalue weighted by Crippen LogP contribution is 2.20. The molecule has 94 valence electrons. The van der Waals surface area contributed by atoms with Gasteiger partial charge in [-0.15, -0.1) is 0 Å². The van der Waals surface area contributed by atoms with E-state index in [2.05, 4.69) is 29.1 Å². The predicted octanol–water partition coefficient (Wildman–Crippen LogP) is 1.16. The van der Waals surface area contributed by atoms with Gasteiger partial charge in [0.05, 0.1) is 0 Å². The van der Waals surface area contributed by atoms with Gasteiger partial charge in [-0.1, -0.05) is 6.42 Å². The second kappa shape index (κ2) is 5.48. The van der Waals surface area contributed by atoms with Gasteiger partial charge >= 0.3 is 0 Å². The lowest BCUT2D eigenvalue weighted by molar-refractivity contribution is 0.167. The first-order chi connectivity index (χ1) is 7.68. The maximum absolute atomic E-state index is 3.72. The fourth-order valence-corrected chi connectivity index (χ4v) is 3.01. The molecule has 2 fully saturated rings. The van der Waals surface area contributed by atoms with Gasteiger partial charge in [-0.05, 0) is 52.9 Å². The van der Waals surface area contributed by atoms with E-state index in [0.717, 1.165) is 0 Å². The van der Waals surface area contributed by atoms with Crippen molar-refractivity contribution in [2.45, 2.75) is 38.1 Å². The molecule has 0 radical (unpaired) electrons. The summed E-state index contributed by atoms with van der Waals surface area (Å²) in [5, 5.41) is 3.72. The number of nitrogens with zero attached hydrogens (tertiary/aromatic N) is 2. The molecule has 0 aliphatic carbocycles. The van der Waals surface area contributed by atoms with E-state index in [1.165, 1.54) is 65.0 Å². The Balaban J connectivity index is 1.83. The highest BCUT2D eigenvalue weighted by atomic mass is 15.2. The van der Waals surface area contributed by atoms with Gasteiger partial charge in [0.1, 0.15) is 0 Å². The van der Waals surface area contributed by atoms with Gasteiger partial charge in [-0.3, -0.25) is 0 Å². The molecule has 0 bridgehead atoms. The molecule has 1 N–H and O–H groups in total. The Hall–Kier alpha value is -0.120. The molecule has 3 heteroatoms. The predicted molar refractivity (Wildman–Crippen MR) is 68.8 cm³/mol. The SMILES string of the molecule is CN1CCCN(CC2(C)CCCCN2)CC1. The van der Waals surface area contributed by atoms with Crippen LogP contribution in [0, 0.1) is 0 Å². The number of rotatable bonds is 2. The average Bonchev–Trinajstić information content (AvgIpc) is 2.44. The summed E-state index contributed by atoms with van der Waals surface area (Å²) in [6, 6.07) is 0. The Labute approximate surface area is 100 Å². The summed E-state index contributed by atoms with van der Waals surface area (Å²) < 4.78 is 0. The van der Waals surface area contributed by atoms with Gasteiger partial charge < -0.3 is 15.1 Å². The van der Waals surface area contributed by atoms with Gasteiger partial charge in [0.25, 0.3) is 0 Å². The first-order valence-electron chi connectivity index (χ1n) is 6.84. The maximum atomic E-state index is 3.72. The van der Waals surface area contributed by atoms with E-state index < -0.39 is 0 Å². The smallest absolute Gasteiger partial charge is 0.0280 e. The zero-order valence-corrected chi connectivity index (χ0v) is 11.0. The molecule has 0 spiro atoms. The number of likely N-dealkylation sites (N-methyl/N-ethyl adjacent to an activating group) is 1. The molecule has 0 saturated carbocycles. The third kappa shape index (κ3) is 3.44. The fraction of sp³-hybridized carbons (Fsp3) is 1.00. The van der Waals surface area contributed by atoms with E-state index in [-0.39, 0.29) is 0 Å². The van der Waals surface area contributed by atoms with Crippen molar-refractivity contribution in [1.82, 2.24) is 15.1 Å². The van der Waals surface area contributed by atoms with Gasteiger partial charge in [-0.25, -0.2) is 0 Å². The van der Waals surface area contributed by atoms with Crippen LogP contribution < -0.4 is 5.32 Å². The summed E-state index contributed by atoms with van der Waals surface area (Å²) in [4.78, 5) is 5.11. The Morgan fingerprint density at radius 1 is 1.06 bits per heavy atom. The lowest BCUT2D eigenvalue weighted by atomic mass is 9.90. The molecule has 1 atom stereocenters. The summed E-state index contributed by atoms with van der Waals surface area (Å²) >= 11 is 0. The molecule has 2 aliphatic heterocycles. The molecule has 2 heterocycles. The summed E-state index contributed by atoms with van der Waals surface area (Å²) in [7, 11) is 2.24. The van der Waals surface area contributed by atoms with Crippen LogP contribution >= 0.6 is 0 Å². The van der Waals surface area contributed by atoms with E-state index in [1.54, 1.807) is 0 Å². The Kier molecular flexibility index (Phi) is 4.22. The van der Waals surface area contributed by atoms with E-state index in [4.69, 9.17) is 0 Å². The van der Waals surface area contributed by atoms with Crippen molar-refractivity contribution in [1.29, 1.82) is 0 Å². The lowest BCUT2D eigenvalue weighted by Crippen LogP contribution is -2.54. The van der Waals surface area contributed by atoms with Gasteiger partial charge in [0.15, 0.2) is 0 Å². The molecule has 0 aromatic rings. The standard InChI is InChI=1S/C13H27N3/c1-13(6-3-4-7-14-13)12-16-9-5-8-15(2)10-11-16/h14H,3-12H2,1-2H3. The van der Waals surface area contributed by atoms with Crippen LogP contribution in [-0.4, -0.2) is 61.7 Å². The zero-order valence-electron chi connectivity index (χ0n) is 11.0. The summed E-state index contributed by atoms with van der Waals surface area (Å²) in [5.74, 6) is 0. The molecular formula is C13H27N3. The molecule has 16 heavy (non-hydrogen) atoms. The van der Waals surface area contributed by atoms with Crippen LogP contribution in [0.4, 0.5) is 0 Å². The van der Waals surface area contributed by atoms with Crippen molar-refractivity contribution in [3.8, 4) is 0 Å². The van der Waals surface area contributed by atoms with Gasteiger partial charge in [0, 0.05) is 25.2 Å². The summed E-state index contributed by atoms with van der Waals surface area (Å²) in [6.07, 6.45) is 5.43. The number of nitrogens with one attached hydrogen (secondary N) is 1. The summed E-state index contributed by atoms with van der Waals surface area (Å²) in [6.45, 7) is 9.87. The molecule has 2 rings (SSSR count). The Morgan fingerprint density at radius 2 is 1.94 bits per heavy atom. The molecule has 1 unspecified atom stereocenters. The fourth-order valence-electron chi connectivity index (χ4n) is 3.01. The zero-order chi connectivity index (χ0) is 11.4. The van der Waals surface area contributed by atoms with Crippen molar-refractivity contribution in [3.63, 3.8) is 0 Å². The lowest BCUT2D eigenvalue weighted by Gasteiger charge is -2.39. The van der Waals surface area contributed by atoms with Crippen LogP contribution in [0.15, 0.2) is 0 Å². The molecule has 0 aromatic heterocycles. The summed E-state index contributed by atoms with van der Waals surface area (Å²) in [5.41, 5.74) is 0.376. The van der Waals surface area contributed by atoms with Crippen LogP contribution in [0.3, 0.4) is 0 Å². The molecule has 2 saturated heterocycles. The van der Waals surface area contributed by atoms with Gasteiger partial charge in [-0.2, -0.15) is 0 Å². The monoisotopic (exact) mass is 225 g/mol. The minimum absolute atomic E-state index is 0.376. The van der Waals surface area contributed by atoms with Crippen LogP contribution in [0.5, 0.6) is 0 Å². The molecule has 0 aromatic carbocycles. The Bertz CT molecular complexity index is 211. The average molecular weight is 225 g/mol. The highest BCUT2D eigenvalue weighted by molar-refractivity contribution is 4.90. The van der Waals surface area contributed by atoms with Crippen molar-refractivity contribution in [2.75, 3.05) is 46.3 Å².